The quantitative estimate of drug-likeness (QED) is 0.428. The van der Waals surface area contributed by atoms with Gasteiger partial charge in [0.25, 0.3) is 3.25 Å². The molecule has 0 fully saturated rings. The SMILES string of the molecule is ClC(Cl)(Cl)Cl.[Ni]. The first-order chi connectivity index (χ1) is 2.00. The molecule has 0 amide bonds. The van der Waals surface area contributed by atoms with Crippen LogP contribution in [0.4, 0.5) is 0 Å². The van der Waals surface area contributed by atoms with Crippen LogP contribution in [0, 0.1) is 0 Å². The Balaban J connectivity index is 0. The Morgan fingerprint density at radius 3 is 0.833 bits per heavy atom. The summed E-state index contributed by atoms with van der Waals surface area (Å²) in [7, 11) is 0. The number of hydrogen-bond donors (Lipinski definition) is 0. The van der Waals surface area contributed by atoms with Crippen molar-refractivity contribution < 1.29 is 16.5 Å². The van der Waals surface area contributed by atoms with Gasteiger partial charge in [-0.15, -0.1) is 0 Å². The molecule has 5 heteroatoms. The Morgan fingerprint density at radius 1 is 0.833 bits per heavy atom. The van der Waals surface area contributed by atoms with Gasteiger partial charge in [0.2, 0.25) is 0 Å². The van der Waals surface area contributed by atoms with Gasteiger partial charge in [0.1, 0.15) is 0 Å². The second-order valence-electron chi connectivity index (χ2n) is 0.429. The first kappa shape index (κ1) is 10.6. The molecule has 0 radical (unpaired) electrons. The summed E-state index contributed by atoms with van der Waals surface area (Å²) in [5.41, 5.74) is 0. The van der Waals surface area contributed by atoms with E-state index in [9.17, 15) is 0 Å². The van der Waals surface area contributed by atoms with Gasteiger partial charge in [0, 0.05) is 16.5 Å². The molecule has 0 N–H and O–H groups in total. The zero-order chi connectivity index (χ0) is 4.50. The molecule has 0 aliphatic heterocycles. The van der Waals surface area contributed by atoms with E-state index in [1.807, 2.05) is 0 Å². The minimum absolute atomic E-state index is 0. The van der Waals surface area contributed by atoms with Crippen LogP contribution in [0.2, 0.25) is 0 Å². The van der Waals surface area contributed by atoms with Gasteiger partial charge in [-0.3, -0.25) is 0 Å². The van der Waals surface area contributed by atoms with E-state index in [4.69, 9.17) is 46.4 Å². The number of halogens is 4. The minimum atomic E-state index is -1.61. The smallest absolute Gasteiger partial charge is 0.0664 e. The van der Waals surface area contributed by atoms with Crippen molar-refractivity contribution in [3.05, 3.63) is 0 Å². The van der Waals surface area contributed by atoms with Crippen molar-refractivity contribution in [2.75, 3.05) is 0 Å². The van der Waals surface area contributed by atoms with E-state index >= 15 is 0 Å². The van der Waals surface area contributed by atoms with Crippen molar-refractivity contribution in [3.63, 3.8) is 0 Å². The number of rotatable bonds is 0. The first-order valence-electron chi connectivity index (χ1n) is 0.756. The number of alkyl halides is 4. The van der Waals surface area contributed by atoms with E-state index in [1.54, 1.807) is 0 Å². The molecule has 0 heterocycles. The average molecular weight is 213 g/mol. The van der Waals surface area contributed by atoms with Gasteiger partial charge in [-0.25, -0.2) is 0 Å². The maximum atomic E-state index is 4.83. The van der Waals surface area contributed by atoms with Gasteiger partial charge in [0.15, 0.2) is 0 Å². The van der Waals surface area contributed by atoms with Crippen LogP contribution in [0.5, 0.6) is 0 Å². The van der Waals surface area contributed by atoms with E-state index in [-0.39, 0.29) is 16.5 Å². The van der Waals surface area contributed by atoms with Crippen LogP contribution in [0.1, 0.15) is 0 Å². The van der Waals surface area contributed by atoms with Gasteiger partial charge in [-0.2, -0.15) is 0 Å². The normalized spacial score (nSPS) is 10.0. The molecule has 0 atom stereocenters. The van der Waals surface area contributed by atoms with Crippen LogP contribution in [0.15, 0.2) is 0 Å². The fourth-order valence-corrected chi connectivity index (χ4v) is 0. The summed E-state index contributed by atoms with van der Waals surface area (Å²) < 4.78 is -1.61. The molecule has 0 bridgehead atoms. The molecule has 0 aliphatic carbocycles. The van der Waals surface area contributed by atoms with Crippen LogP contribution in [-0.4, -0.2) is 3.25 Å². The Labute approximate surface area is 66.0 Å². The molecular weight excluding hydrogens is 213 g/mol. The van der Waals surface area contributed by atoms with Crippen molar-refractivity contribution in [1.82, 2.24) is 0 Å². The van der Waals surface area contributed by atoms with Gasteiger partial charge in [0.05, 0.1) is 0 Å². The monoisotopic (exact) mass is 210 g/mol. The van der Waals surface area contributed by atoms with E-state index < -0.39 is 3.25 Å². The largest absolute Gasteiger partial charge is 0.266 e. The van der Waals surface area contributed by atoms with Crippen molar-refractivity contribution >= 4 is 46.4 Å². The van der Waals surface area contributed by atoms with E-state index in [0.29, 0.717) is 0 Å². The molecule has 0 aliphatic rings. The molecule has 0 aromatic rings. The molecule has 0 unspecified atom stereocenters. The maximum Gasteiger partial charge on any atom is 0.266 e. The second kappa shape index (κ2) is 3.63. The van der Waals surface area contributed by atoms with Crippen molar-refractivity contribution in [3.8, 4) is 0 Å². The molecule has 0 nitrogen and oxygen atoms in total. The molecule has 0 spiro atoms. The second-order valence-corrected chi connectivity index (χ2v) is 3.86. The zero-order valence-electron chi connectivity index (χ0n) is 2.33. The topological polar surface area (TPSA) is 0 Å². The van der Waals surface area contributed by atoms with Crippen molar-refractivity contribution in [1.29, 1.82) is 0 Å². The third-order valence-electron chi connectivity index (χ3n) is 0. The summed E-state index contributed by atoms with van der Waals surface area (Å²) in [5.74, 6) is 0. The van der Waals surface area contributed by atoms with Crippen molar-refractivity contribution in [2.45, 2.75) is 3.25 Å². The third-order valence-corrected chi connectivity index (χ3v) is 0. The molecular formula is CCl4Ni. The fourth-order valence-electron chi connectivity index (χ4n) is 0. The predicted octanol–water partition coefficient (Wildman–Crippen LogP) is 2.55. The Morgan fingerprint density at radius 2 is 0.833 bits per heavy atom. The van der Waals surface area contributed by atoms with E-state index in [0.717, 1.165) is 0 Å². The minimum Gasteiger partial charge on any atom is -0.0664 e. The van der Waals surface area contributed by atoms with Crippen LogP contribution in [0.25, 0.3) is 0 Å². The first-order valence-corrected chi connectivity index (χ1v) is 2.27. The van der Waals surface area contributed by atoms with Gasteiger partial charge >= 0.3 is 0 Å². The molecule has 0 saturated heterocycles. The number of hydrogen-bond acceptors (Lipinski definition) is 0. The summed E-state index contributed by atoms with van der Waals surface area (Å²) in [4.78, 5) is 0. The Kier molecular flexibility index (Phi) is 6.41. The molecule has 0 aromatic heterocycles. The summed E-state index contributed by atoms with van der Waals surface area (Å²) in [6, 6.07) is 0. The summed E-state index contributed by atoms with van der Waals surface area (Å²) >= 11 is 19.3. The van der Waals surface area contributed by atoms with Crippen LogP contribution >= 0.6 is 46.4 Å². The van der Waals surface area contributed by atoms with Gasteiger partial charge in [-0.1, -0.05) is 46.4 Å². The van der Waals surface area contributed by atoms with E-state index in [1.165, 1.54) is 0 Å². The molecule has 0 saturated carbocycles. The van der Waals surface area contributed by atoms with Crippen molar-refractivity contribution in [2.24, 2.45) is 0 Å². The molecule has 6 heavy (non-hydrogen) atoms. The summed E-state index contributed by atoms with van der Waals surface area (Å²) in [6.07, 6.45) is 0. The van der Waals surface area contributed by atoms with E-state index in [2.05, 4.69) is 0 Å². The Bertz CT molecular complexity index is 23.0. The predicted molar refractivity (Wildman–Crippen MR) is 26.1 cm³/mol. The van der Waals surface area contributed by atoms with Crippen LogP contribution in [0.3, 0.4) is 0 Å². The summed E-state index contributed by atoms with van der Waals surface area (Å²) in [5, 5.41) is 0. The standard InChI is InChI=1S/CCl4.Ni/c2-1(3,4)5;. The van der Waals surface area contributed by atoms with Gasteiger partial charge < -0.3 is 0 Å². The van der Waals surface area contributed by atoms with Crippen LogP contribution in [-0.2, 0) is 16.5 Å². The van der Waals surface area contributed by atoms with Crippen LogP contribution < -0.4 is 0 Å². The Hall–Kier alpha value is 1.65. The summed E-state index contributed by atoms with van der Waals surface area (Å²) in [6.45, 7) is 0. The molecule has 42 valence electrons. The fraction of sp³-hybridized carbons (Fsp3) is 1.00. The third kappa shape index (κ3) is 44.8. The van der Waals surface area contributed by atoms with Gasteiger partial charge in [-0.05, 0) is 0 Å². The maximum absolute atomic E-state index is 4.83. The molecule has 0 rings (SSSR count). The average Bonchev–Trinajstić information content (AvgIpc) is 0.722. The molecule has 0 aromatic carbocycles. The zero-order valence-corrected chi connectivity index (χ0v) is 6.34.